The first-order chi connectivity index (χ1) is 12.2. The Hall–Kier alpha value is -2.60. The molecule has 5 nitrogen and oxygen atoms in total. The molecule has 1 aromatic heterocycles. The molecule has 1 heterocycles. The topological polar surface area (TPSA) is 66.9 Å². The van der Waals surface area contributed by atoms with Crippen LogP contribution in [0.1, 0.15) is 12.5 Å². The van der Waals surface area contributed by atoms with Crippen LogP contribution in [0.25, 0.3) is 10.9 Å². The Morgan fingerprint density at radius 2 is 1.84 bits per heavy atom. The maximum atomic E-state index is 12.1. The summed E-state index contributed by atoms with van der Waals surface area (Å²) in [5.74, 6) is 0.989. The number of benzene rings is 2. The molecule has 25 heavy (non-hydrogen) atoms. The number of fused-ring (bicyclic) bond motifs is 1. The third-order valence-electron chi connectivity index (χ3n) is 3.59. The Balaban J connectivity index is 1.70. The van der Waals surface area contributed by atoms with E-state index in [9.17, 15) is 4.79 Å². The predicted octanol–water partition coefficient (Wildman–Crippen LogP) is 4.10. The van der Waals surface area contributed by atoms with Gasteiger partial charge in [-0.25, -0.2) is 9.97 Å². The molecule has 0 aliphatic heterocycles. The summed E-state index contributed by atoms with van der Waals surface area (Å²) in [6.07, 6.45) is 0. The highest BCUT2D eigenvalue weighted by Gasteiger charge is 2.10. The second-order valence-electron chi connectivity index (χ2n) is 5.61. The van der Waals surface area contributed by atoms with Gasteiger partial charge in [-0.1, -0.05) is 41.6 Å². The minimum Gasteiger partial charge on any atom is -0.370 e. The number of carbonyl (C=O) groups excluding carboxylic acids is 1. The van der Waals surface area contributed by atoms with E-state index in [-0.39, 0.29) is 11.7 Å². The summed E-state index contributed by atoms with van der Waals surface area (Å²) in [7, 11) is 0. The van der Waals surface area contributed by atoms with Crippen LogP contribution in [0.5, 0.6) is 0 Å². The van der Waals surface area contributed by atoms with Gasteiger partial charge in [-0.2, -0.15) is 0 Å². The van der Waals surface area contributed by atoms with Crippen LogP contribution in [0.4, 0.5) is 11.5 Å². The third-order valence-corrected chi connectivity index (χ3v) is 4.44. The molecule has 0 bridgehead atoms. The maximum Gasteiger partial charge on any atom is 0.234 e. The standard InChI is InChI=1S/C19H20N4OS/c1-3-20-18-15-6-4-5-7-16(15)22-19(23-18)25-12-17(24)21-14-10-8-13(2)9-11-14/h4-11H,3,12H2,1-2H3,(H,21,24)(H,20,22,23). The first-order valence-corrected chi connectivity index (χ1v) is 9.14. The van der Waals surface area contributed by atoms with Crippen molar-refractivity contribution < 1.29 is 4.79 Å². The van der Waals surface area contributed by atoms with Crippen LogP contribution in [-0.4, -0.2) is 28.2 Å². The zero-order valence-corrected chi connectivity index (χ0v) is 15.1. The number of carbonyl (C=O) groups is 1. The van der Waals surface area contributed by atoms with Crippen molar-refractivity contribution in [1.82, 2.24) is 9.97 Å². The number of anilines is 2. The largest absolute Gasteiger partial charge is 0.370 e. The van der Waals surface area contributed by atoms with Crippen LogP contribution >= 0.6 is 11.8 Å². The van der Waals surface area contributed by atoms with Crippen LogP contribution in [0.15, 0.2) is 53.7 Å². The van der Waals surface area contributed by atoms with E-state index in [1.807, 2.05) is 62.4 Å². The Bertz CT molecular complexity index is 880. The molecule has 3 rings (SSSR count). The van der Waals surface area contributed by atoms with Gasteiger partial charge in [0.1, 0.15) is 5.82 Å². The van der Waals surface area contributed by atoms with Gasteiger partial charge >= 0.3 is 0 Å². The van der Waals surface area contributed by atoms with Crippen LogP contribution in [0.2, 0.25) is 0 Å². The third kappa shape index (κ3) is 4.48. The minimum atomic E-state index is -0.0735. The van der Waals surface area contributed by atoms with E-state index in [0.717, 1.165) is 34.5 Å². The lowest BCUT2D eigenvalue weighted by molar-refractivity contribution is -0.113. The highest BCUT2D eigenvalue weighted by Crippen LogP contribution is 2.24. The van der Waals surface area contributed by atoms with Crippen LogP contribution in [-0.2, 0) is 4.79 Å². The second-order valence-corrected chi connectivity index (χ2v) is 6.55. The van der Waals surface area contributed by atoms with Crippen LogP contribution < -0.4 is 10.6 Å². The number of para-hydroxylation sites is 1. The first-order valence-electron chi connectivity index (χ1n) is 8.15. The normalized spacial score (nSPS) is 10.6. The van der Waals surface area contributed by atoms with E-state index in [1.165, 1.54) is 11.8 Å². The summed E-state index contributed by atoms with van der Waals surface area (Å²) in [6.45, 7) is 4.82. The van der Waals surface area contributed by atoms with Gasteiger partial charge in [0.15, 0.2) is 5.16 Å². The molecule has 0 spiro atoms. The molecule has 6 heteroatoms. The van der Waals surface area contributed by atoms with Crippen molar-refractivity contribution in [3.05, 3.63) is 54.1 Å². The lowest BCUT2D eigenvalue weighted by Gasteiger charge is -2.09. The molecule has 0 radical (unpaired) electrons. The number of aryl methyl sites for hydroxylation is 1. The number of rotatable bonds is 6. The number of aromatic nitrogens is 2. The lowest BCUT2D eigenvalue weighted by Crippen LogP contribution is -2.14. The fraction of sp³-hybridized carbons (Fsp3) is 0.211. The van der Waals surface area contributed by atoms with E-state index in [4.69, 9.17) is 0 Å². The Kier molecular flexibility index (Phi) is 5.50. The summed E-state index contributed by atoms with van der Waals surface area (Å²) in [5, 5.41) is 7.72. The molecule has 0 atom stereocenters. The highest BCUT2D eigenvalue weighted by atomic mass is 32.2. The van der Waals surface area contributed by atoms with Crippen molar-refractivity contribution in [2.75, 3.05) is 22.9 Å². The molecular formula is C19H20N4OS. The van der Waals surface area contributed by atoms with Gasteiger partial charge in [0, 0.05) is 17.6 Å². The molecule has 2 aromatic carbocycles. The summed E-state index contributed by atoms with van der Waals surface area (Å²) < 4.78 is 0. The molecular weight excluding hydrogens is 332 g/mol. The molecule has 128 valence electrons. The summed E-state index contributed by atoms with van der Waals surface area (Å²) in [6, 6.07) is 15.6. The van der Waals surface area contributed by atoms with E-state index >= 15 is 0 Å². The van der Waals surface area contributed by atoms with Crippen LogP contribution in [0.3, 0.4) is 0 Å². The highest BCUT2D eigenvalue weighted by molar-refractivity contribution is 7.99. The Morgan fingerprint density at radius 3 is 2.60 bits per heavy atom. The van der Waals surface area contributed by atoms with Crippen LogP contribution in [0, 0.1) is 6.92 Å². The van der Waals surface area contributed by atoms with Gasteiger partial charge in [-0.3, -0.25) is 4.79 Å². The number of hydrogen-bond acceptors (Lipinski definition) is 5. The molecule has 0 unspecified atom stereocenters. The van der Waals surface area contributed by atoms with E-state index in [1.54, 1.807) is 0 Å². The van der Waals surface area contributed by atoms with Gasteiger partial charge in [-0.05, 0) is 38.1 Å². The van der Waals surface area contributed by atoms with Gasteiger partial charge in [-0.15, -0.1) is 0 Å². The van der Waals surface area contributed by atoms with Gasteiger partial charge < -0.3 is 10.6 Å². The number of hydrogen-bond donors (Lipinski definition) is 2. The monoisotopic (exact) mass is 352 g/mol. The van der Waals surface area contributed by atoms with Gasteiger partial charge in [0.05, 0.1) is 11.3 Å². The number of thioether (sulfide) groups is 1. The van der Waals surface area contributed by atoms with E-state index in [0.29, 0.717) is 5.16 Å². The molecule has 0 fully saturated rings. The molecule has 0 aliphatic carbocycles. The molecule has 3 aromatic rings. The fourth-order valence-corrected chi connectivity index (χ4v) is 3.04. The quantitative estimate of drug-likeness (QED) is 0.516. The number of amides is 1. The molecule has 0 saturated heterocycles. The van der Waals surface area contributed by atoms with Crippen molar-refractivity contribution in [2.24, 2.45) is 0 Å². The zero-order chi connectivity index (χ0) is 17.6. The molecule has 0 saturated carbocycles. The SMILES string of the molecule is CCNc1nc(SCC(=O)Nc2ccc(C)cc2)nc2ccccc12. The van der Waals surface area contributed by atoms with Crippen molar-refractivity contribution >= 4 is 40.1 Å². The molecule has 0 aliphatic rings. The van der Waals surface area contributed by atoms with Crippen molar-refractivity contribution in [1.29, 1.82) is 0 Å². The average Bonchev–Trinajstić information content (AvgIpc) is 2.62. The lowest BCUT2D eigenvalue weighted by atomic mass is 10.2. The van der Waals surface area contributed by atoms with Crippen molar-refractivity contribution in [3.63, 3.8) is 0 Å². The Morgan fingerprint density at radius 1 is 1.08 bits per heavy atom. The zero-order valence-electron chi connectivity index (χ0n) is 14.2. The number of nitrogens with zero attached hydrogens (tertiary/aromatic N) is 2. The van der Waals surface area contributed by atoms with E-state index in [2.05, 4.69) is 20.6 Å². The van der Waals surface area contributed by atoms with Gasteiger partial charge in [0.25, 0.3) is 0 Å². The number of nitrogens with one attached hydrogen (secondary N) is 2. The first kappa shape index (κ1) is 17.2. The predicted molar refractivity (Wildman–Crippen MR) is 104 cm³/mol. The summed E-state index contributed by atoms with van der Waals surface area (Å²) >= 11 is 1.33. The maximum absolute atomic E-state index is 12.1. The van der Waals surface area contributed by atoms with E-state index < -0.39 is 0 Å². The molecule has 2 N–H and O–H groups in total. The fourth-order valence-electron chi connectivity index (χ4n) is 2.39. The minimum absolute atomic E-state index is 0.0735. The Labute approximate surface area is 151 Å². The average molecular weight is 352 g/mol. The van der Waals surface area contributed by atoms with Crippen molar-refractivity contribution in [2.45, 2.75) is 19.0 Å². The summed E-state index contributed by atoms with van der Waals surface area (Å²) in [4.78, 5) is 21.2. The molecule has 1 amide bonds. The van der Waals surface area contributed by atoms with Crippen molar-refractivity contribution in [3.8, 4) is 0 Å². The second kappa shape index (κ2) is 7.98. The van der Waals surface area contributed by atoms with Gasteiger partial charge in [0.2, 0.25) is 5.91 Å². The summed E-state index contributed by atoms with van der Waals surface area (Å²) in [5.41, 5.74) is 2.83. The smallest absolute Gasteiger partial charge is 0.234 e.